The third-order valence-electron chi connectivity index (χ3n) is 8.31. The van der Waals surface area contributed by atoms with Gasteiger partial charge in [-0.3, -0.25) is 0 Å². The van der Waals surface area contributed by atoms with E-state index in [1.807, 2.05) is 11.3 Å². The molecule has 2 aromatic heterocycles. The molecule has 3 heteroatoms. The van der Waals surface area contributed by atoms with Crippen LogP contribution in [0.25, 0.3) is 48.3 Å². The molecule has 6 rings (SSSR count). The predicted octanol–water partition coefficient (Wildman–Crippen LogP) is 10.2. The van der Waals surface area contributed by atoms with Gasteiger partial charge >= 0.3 is 0 Å². The molecular weight excluding hydrogens is 492 g/mol. The second-order valence-electron chi connectivity index (χ2n) is 11.9. The number of fused-ring (bicyclic) bond motifs is 4. The minimum absolute atomic E-state index is 0.398. The van der Waals surface area contributed by atoms with Crippen molar-refractivity contribution < 1.29 is 4.57 Å². The van der Waals surface area contributed by atoms with E-state index in [-0.39, 0.29) is 0 Å². The van der Waals surface area contributed by atoms with E-state index in [1.54, 1.807) is 0 Å². The van der Waals surface area contributed by atoms with Crippen LogP contribution in [-0.4, -0.2) is 4.57 Å². The minimum atomic E-state index is 0.398. The van der Waals surface area contributed by atoms with Crippen molar-refractivity contribution in [3.63, 3.8) is 0 Å². The van der Waals surface area contributed by atoms with Gasteiger partial charge in [0.15, 0.2) is 11.0 Å². The van der Waals surface area contributed by atoms with Crippen molar-refractivity contribution in [3.05, 3.63) is 95.1 Å². The molecule has 0 aliphatic rings. The lowest BCUT2D eigenvalue weighted by Gasteiger charge is -2.22. The Kier molecular flexibility index (Phi) is 6.38. The van der Waals surface area contributed by atoms with Crippen LogP contribution in [0.5, 0.6) is 0 Å². The average molecular weight is 532 g/mol. The Morgan fingerprint density at radius 2 is 1.36 bits per heavy atom. The third-order valence-corrected chi connectivity index (χ3v) is 9.45. The van der Waals surface area contributed by atoms with Crippen molar-refractivity contribution in [1.82, 2.24) is 4.57 Å². The molecule has 39 heavy (non-hydrogen) atoms. The number of aromatic nitrogens is 2. The molecule has 0 saturated carbocycles. The minimum Gasteiger partial charge on any atom is -0.225 e. The lowest BCUT2D eigenvalue weighted by atomic mass is 9.87. The summed E-state index contributed by atoms with van der Waals surface area (Å²) >= 11 is 1.90. The highest BCUT2D eigenvalue weighted by atomic mass is 32.1. The SMILES string of the molecule is Cc1ccc2sc3ccccc3c2c1-c1n(-c2c(C(C)C)cc(C(C)C)cc2C(C)C)c2ccccc2[n+]1C. The van der Waals surface area contributed by atoms with E-state index in [0.29, 0.717) is 17.8 Å². The van der Waals surface area contributed by atoms with E-state index in [2.05, 4.69) is 137 Å². The monoisotopic (exact) mass is 531 g/mol. The molecule has 0 radical (unpaired) electrons. The molecule has 0 spiro atoms. The average Bonchev–Trinajstić information content (AvgIpc) is 3.43. The Bertz CT molecular complexity index is 1830. The number of para-hydroxylation sites is 2. The summed E-state index contributed by atoms with van der Waals surface area (Å²) in [5.74, 6) is 2.53. The highest BCUT2D eigenvalue weighted by molar-refractivity contribution is 7.25. The van der Waals surface area contributed by atoms with Crippen LogP contribution in [0.4, 0.5) is 0 Å². The molecule has 4 aromatic carbocycles. The summed E-state index contributed by atoms with van der Waals surface area (Å²) in [5.41, 5.74) is 10.8. The van der Waals surface area contributed by atoms with E-state index in [0.717, 1.165) is 0 Å². The first-order valence-corrected chi connectivity index (χ1v) is 15.1. The van der Waals surface area contributed by atoms with E-state index in [1.165, 1.54) is 70.5 Å². The van der Waals surface area contributed by atoms with Gasteiger partial charge in [-0.15, -0.1) is 11.3 Å². The number of rotatable bonds is 5. The maximum atomic E-state index is 2.60. The zero-order chi connectivity index (χ0) is 27.6. The zero-order valence-corrected chi connectivity index (χ0v) is 25.3. The number of aryl methyl sites for hydroxylation is 2. The molecule has 0 aliphatic heterocycles. The Hall–Kier alpha value is -3.43. The Labute approximate surface area is 236 Å². The summed E-state index contributed by atoms with van der Waals surface area (Å²) in [4.78, 5) is 0. The topological polar surface area (TPSA) is 8.81 Å². The van der Waals surface area contributed by atoms with Crippen molar-refractivity contribution in [2.24, 2.45) is 7.05 Å². The first-order chi connectivity index (χ1) is 18.7. The van der Waals surface area contributed by atoms with Crippen molar-refractivity contribution in [1.29, 1.82) is 0 Å². The van der Waals surface area contributed by atoms with Crippen LogP contribution in [0, 0.1) is 6.92 Å². The molecule has 0 aliphatic carbocycles. The molecule has 2 heterocycles. The van der Waals surface area contributed by atoms with Crippen molar-refractivity contribution in [2.45, 2.75) is 66.2 Å². The molecule has 0 fully saturated rings. The maximum absolute atomic E-state index is 2.60. The van der Waals surface area contributed by atoms with Gasteiger partial charge in [-0.05, 0) is 60.1 Å². The first-order valence-electron chi connectivity index (χ1n) is 14.3. The van der Waals surface area contributed by atoms with Gasteiger partial charge in [0, 0.05) is 31.3 Å². The molecule has 6 aromatic rings. The van der Waals surface area contributed by atoms with Crippen LogP contribution >= 0.6 is 11.3 Å². The van der Waals surface area contributed by atoms with Gasteiger partial charge < -0.3 is 0 Å². The first kappa shape index (κ1) is 25.8. The maximum Gasteiger partial charge on any atom is 0.295 e. The fourth-order valence-corrected chi connectivity index (χ4v) is 7.32. The second-order valence-corrected chi connectivity index (χ2v) is 13.0. The van der Waals surface area contributed by atoms with Crippen LogP contribution in [0.2, 0.25) is 0 Å². The molecule has 0 N–H and O–H groups in total. The number of hydrogen-bond acceptors (Lipinski definition) is 1. The summed E-state index contributed by atoms with van der Waals surface area (Å²) in [7, 11) is 2.24. The van der Waals surface area contributed by atoms with Crippen LogP contribution in [-0.2, 0) is 7.05 Å². The summed E-state index contributed by atoms with van der Waals surface area (Å²) in [6, 6.07) is 27.4. The summed E-state index contributed by atoms with van der Waals surface area (Å²) < 4.78 is 7.71. The molecule has 0 unspecified atom stereocenters. The molecule has 198 valence electrons. The largest absolute Gasteiger partial charge is 0.295 e. The summed E-state index contributed by atoms with van der Waals surface area (Å²) in [6.07, 6.45) is 0. The Morgan fingerprint density at radius 1 is 0.718 bits per heavy atom. The van der Waals surface area contributed by atoms with Gasteiger partial charge in [0.1, 0.15) is 5.69 Å². The van der Waals surface area contributed by atoms with Crippen molar-refractivity contribution >= 4 is 42.5 Å². The number of nitrogens with zero attached hydrogens (tertiary/aromatic N) is 2. The highest BCUT2D eigenvalue weighted by Crippen LogP contribution is 2.44. The fraction of sp³-hybridized carbons (Fsp3) is 0.306. The van der Waals surface area contributed by atoms with Gasteiger partial charge in [-0.2, -0.15) is 4.57 Å². The van der Waals surface area contributed by atoms with Gasteiger partial charge in [0.05, 0.1) is 12.6 Å². The van der Waals surface area contributed by atoms with E-state index < -0.39 is 0 Å². The summed E-state index contributed by atoms with van der Waals surface area (Å²) in [5, 5.41) is 2.71. The lowest BCUT2D eigenvalue weighted by Crippen LogP contribution is -2.30. The normalized spacial score (nSPS) is 12.3. The molecule has 0 amide bonds. The Morgan fingerprint density at radius 3 is 2.03 bits per heavy atom. The zero-order valence-electron chi connectivity index (χ0n) is 24.5. The Balaban J connectivity index is 1.85. The standard InChI is InChI=1S/C36H39N2S/c1-21(2)25-19-27(22(3)4)35(28(20-25)23(5)6)38-30-15-11-10-14-29(30)37(8)36(38)33-24(7)17-18-32-34(33)26-13-9-12-16-31(26)39-32/h9-23H,1-8H3/q+1. The predicted molar refractivity (Wildman–Crippen MR) is 170 cm³/mol. The molecular formula is C36H39N2S+. The fourth-order valence-electron chi connectivity index (χ4n) is 6.21. The number of imidazole rings is 1. The molecule has 2 nitrogen and oxygen atoms in total. The van der Waals surface area contributed by atoms with Crippen molar-refractivity contribution in [2.75, 3.05) is 0 Å². The van der Waals surface area contributed by atoms with Gasteiger partial charge in [-0.25, -0.2) is 4.57 Å². The van der Waals surface area contributed by atoms with Crippen LogP contribution in [0.1, 0.15) is 81.5 Å². The van der Waals surface area contributed by atoms with Crippen LogP contribution in [0.15, 0.2) is 72.8 Å². The number of benzene rings is 4. The van der Waals surface area contributed by atoms with E-state index in [4.69, 9.17) is 0 Å². The van der Waals surface area contributed by atoms with Crippen molar-refractivity contribution in [3.8, 4) is 17.1 Å². The van der Waals surface area contributed by atoms with Crippen LogP contribution < -0.4 is 4.57 Å². The molecule has 0 atom stereocenters. The van der Waals surface area contributed by atoms with E-state index in [9.17, 15) is 0 Å². The second kappa shape index (κ2) is 9.64. The quantitative estimate of drug-likeness (QED) is 0.196. The third kappa shape index (κ3) is 4.02. The van der Waals surface area contributed by atoms with E-state index >= 15 is 0 Å². The smallest absolute Gasteiger partial charge is 0.225 e. The highest BCUT2D eigenvalue weighted by Gasteiger charge is 2.33. The van der Waals surface area contributed by atoms with Gasteiger partial charge in [0.2, 0.25) is 0 Å². The van der Waals surface area contributed by atoms with Gasteiger partial charge in [-0.1, -0.05) is 90.1 Å². The molecule has 0 bridgehead atoms. The summed E-state index contributed by atoms with van der Waals surface area (Å²) in [6.45, 7) is 16.3. The molecule has 0 saturated heterocycles. The van der Waals surface area contributed by atoms with Gasteiger partial charge in [0.25, 0.3) is 5.82 Å². The number of hydrogen-bond donors (Lipinski definition) is 0. The lowest BCUT2D eigenvalue weighted by molar-refractivity contribution is -0.633. The van der Waals surface area contributed by atoms with Crippen LogP contribution in [0.3, 0.4) is 0 Å². The number of thiophene rings is 1.